The molecule has 104 valence electrons. The van der Waals surface area contributed by atoms with Crippen molar-refractivity contribution in [2.75, 3.05) is 0 Å². The highest BCUT2D eigenvalue weighted by molar-refractivity contribution is 6.03. The lowest BCUT2D eigenvalue weighted by atomic mass is 10.1. The molecule has 2 rings (SSSR count). The molecule has 0 fully saturated rings. The minimum Gasteiger partial charge on any atom is -0.478 e. The highest BCUT2D eigenvalue weighted by Gasteiger charge is 2.18. The number of ether oxygens (including phenoxy) is 1. The van der Waals surface area contributed by atoms with E-state index in [1.165, 1.54) is 42.5 Å². The van der Waals surface area contributed by atoms with Crippen LogP contribution < -0.4 is 4.74 Å². The second kappa shape index (κ2) is 6.27. The number of carboxylic acid groups (broad SMARTS) is 1. The van der Waals surface area contributed by atoms with Gasteiger partial charge in [0.2, 0.25) is 6.08 Å². The van der Waals surface area contributed by atoms with E-state index in [-0.39, 0.29) is 22.6 Å². The Hall–Kier alpha value is -3.24. The van der Waals surface area contributed by atoms with Gasteiger partial charge >= 0.3 is 11.9 Å². The van der Waals surface area contributed by atoms with Crippen LogP contribution in [0.25, 0.3) is 0 Å². The van der Waals surface area contributed by atoms with Gasteiger partial charge in [-0.3, -0.25) is 0 Å². The van der Waals surface area contributed by atoms with Crippen molar-refractivity contribution >= 4 is 23.7 Å². The molecular formula is C15H9NO5. The third-order valence-electron chi connectivity index (χ3n) is 2.61. The van der Waals surface area contributed by atoms with Crippen LogP contribution in [0.2, 0.25) is 0 Å². The van der Waals surface area contributed by atoms with E-state index in [9.17, 15) is 14.4 Å². The van der Waals surface area contributed by atoms with Gasteiger partial charge in [-0.15, -0.1) is 0 Å². The largest absolute Gasteiger partial charge is 0.478 e. The molecule has 0 atom stereocenters. The van der Waals surface area contributed by atoms with E-state index < -0.39 is 11.9 Å². The molecule has 0 saturated carbocycles. The molecule has 0 amide bonds. The minimum atomic E-state index is -1.23. The highest BCUT2D eigenvalue weighted by atomic mass is 16.5. The van der Waals surface area contributed by atoms with Gasteiger partial charge in [0.15, 0.2) is 5.75 Å². The standard InChI is InChI=1S/C15H9NO5/c17-9-16-12-7-3-4-8-13(12)21-15(20)11-6-2-1-5-10(11)14(18)19/h1-8H,(H,18,19). The van der Waals surface area contributed by atoms with Gasteiger partial charge < -0.3 is 9.84 Å². The summed E-state index contributed by atoms with van der Waals surface area (Å²) in [5, 5.41) is 9.04. The van der Waals surface area contributed by atoms with Crippen molar-refractivity contribution in [2.24, 2.45) is 4.99 Å². The van der Waals surface area contributed by atoms with Crippen molar-refractivity contribution in [3.8, 4) is 5.75 Å². The summed E-state index contributed by atoms with van der Waals surface area (Å²) in [7, 11) is 0. The van der Waals surface area contributed by atoms with Gasteiger partial charge in [-0.2, -0.15) is 4.99 Å². The Kier molecular flexibility index (Phi) is 4.23. The molecular weight excluding hydrogens is 274 g/mol. The number of isocyanates is 1. The maximum Gasteiger partial charge on any atom is 0.344 e. The van der Waals surface area contributed by atoms with Gasteiger partial charge in [0.1, 0.15) is 5.69 Å². The van der Waals surface area contributed by atoms with Gasteiger partial charge in [-0.05, 0) is 24.3 Å². The first-order valence-electron chi connectivity index (χ1n) is 5.85. The fourth-order valence-corrected chi connectivity index (χ4v) is 1.69. The van der Waals surface area contributed by atoms with Crippen LogP contribution >= 0.6 is 0 Å². The van der Waals surface area contributed by atoms with Crippen LogP contribution in [0.5, 0.6) is 5.75 Å². The summed E-state index contributed by atoms with van der Waals surface area (Å²) in [6.45, 7) is 0. The maximum absolute atomic E-state index is 12.1. The van der Waals surface area contributed by atoms with Crippen LogP contribution in [0.15, 0.2) is 53.5 Å². The number of hydrogen-bond donors (Lipinski definition) is 1. The SMILES string of the molecule is O=C=Nc1ccccc1OC(=O)c1ccccc1C(=O)O. The summed E-state index contributed by atoms with van der Waals surface area (Å²) < 4.78 is 5.10. The predicted octanol–water partition coefficient (Wildman–Crippen LogP) is 2.57. The Labute approximate surface area is 119 Å². The Morgan fingerprint density at radius 3 is 2.29 bits per heavy atom. The molecule has 0 heterocycles. The van der Waals surface area contributed by atoms with Crippen LogP contribution in [0, 0.1) is 0 Å². The van der Waals surface area contributed by atoms with Crippen molar-refractivity contribution in [1.82, 2.24) is 0 Å². The molecule has 21 heavy (non-hydrogen) atoms. The fraction of sp³-hybridized carbons (Fsp3) is 0. The number of carboxylic acids is 1. The van der Waals surface area contributed by atoms with Crippen LogP contribution in [0.4, 0.5) is 5.69 Å². The third-order valence-corrected chi connectivity index (χ3v) is 2.61. The number of rotatable bonds is 4. The second-order valence-corrected chi connectivity index (χ2v) is 3.91. The summed E-state index contributed by atoms with van der Waals surface area (Å²) in [6, 6.07) is 11.8. The second-order valence-electron chi connectivity index (χ2n) is 3.91. The van der Waals surface area contributed by atoms with E-state index >= 15 is 0 Å². The molecule has 2 aromatic rings. The fourth-order valence-electron chi connectivity index (χ4n) is 1.69. The van der Waals surface area contributed by atoms with Crippen LogP contribution in [-0.2, 0) is 4.79 Å². The van der Waals surface area contributed by atoms with E-state index in [2.05, 4.69) is 4.99 Å². The smallest absolute Gasteiger partial charge is 0.344 e. The van der Waals surface area contributed by atoms with Crippen molar-refractivity contribution < 1.29 is 24.2 Å². The predicted molar refractivity (Wildman–Crippen MR) is 72.6 cm³/mol. The number of nitrogens with zero attached hydrogens (tertiary/aromatic N) is 1. The van der Waals surface area contributed by atoms with Gasteiger partial charge in [0.05, 0.1) is 11.1 Å². The molecule has 0 radical (unpaired) electrons. The summed E-state index contributed by atoms with van der Waals surface area (Å²) in [5.41, 5.74) is -0.123. The van der Waals surface area contributed by atoms with Crippen molar-refractivity contribution in [1.29, 1.82) is 0 Å². The summed E-state index contributed by atoms with van der Waals surface area (Å²) >= 11 is 0. The van der Waals surface area contributed by atoms with E-state index in [0.717, 1.165) is 0 Å². The number of aromatic carboxylic acids is 1. The van der Waals surface area contributed by atoms with Crippen LogP contribution in [0.1, 0.15) is 20.7 Å². The lowest BCUT2D eigenvalue weighted by Gasteiger charge is -2.08. The number of carbonyl (C=O) groups excluding carboxylic acids is 2. The quantitative estimate of drug-likeness (QED) is 0.403. The lowest BCUT2D eigenvalue weighted by molar-refractivity contribution is 0.0668. The molecule has 0 aliphatic heterocycles. The Morgan fingerprint density at radius 2 is 1.62 bits per heavy atom. The zero-order chi connectivity index (χ0) is 15.2. The number of para-hydroxylation sites is 2. The Bertz CT molecular complexity index is 747. The normalized spacial score (nSPS) is 9.52. The summed E-state index contributed by atoms with van der Waals surface area (Å²) in [5.74, 6) is -2.03. The van der Waals surface area contributed by atoms with Crippen LogP contribution in [0.3, 0.4) is 0 Å². The number of esters is 1. The zero-order valence-corrected chi connectivity index (χ0v) is 10.6. The summed E-state index contributed by atoms with van der Waals surface area (Å²) in [4.78, 5) is 36.9. The molecule has 6 heteroatoms. The topological polar surface area (TPSA) is 93.0 Å². The average molecular weight is 283 g/mol. The molecule has 2 aromatic carbocycles. The van der Waals surface area contributed by atoms with Crippen LogP contribution in [-0.4, -0.2) is 23.1 Å². The van der Waals surface area contributed by atoms with E-state index in [1.54, 1.807) is 12.1 Å². The summed E-state index contributed by atoms with van der Waals surface area (Å²) in [6.07, 6.45) is 1.36. The minimum absolute atomic E-state index is 0.0473. The van der Waals surface area contributed by atoms with Gasteiger partial charge in [-0.1, -0.05) is 24.3 Å². The zero-order valence-electron chi connectivity index (χ0n) is 10.6. The average Bonchev–Trinajstić information content (AvgIpc) is 2.49. The molecule has 6 nitrogen and oxygen atoms in total. The molecule has 0 saturated heterocycles. The molecule has 0 unspecified atom stereocenters. The maximum atomic E-state index is 12.1. The Morgan fingerprint density at radius 1 is 1.00 bits per heavy atom. The number of benzene rings is 2. The van der Waals surface area contributed by atoms with Crippen molar-refractivity contribution in [3.63, 3.8) is 0 Å². The number of carbonyl (C=O) groups is 2. The van der Waals surface area contributed by atoms with Gasteiger partial charge in [0.25, 0.3) is 0 Å². The monoisotopic (exact) mass is 283 g/mol. The highest BCUT2D eigenvalue weighted by Crippen LogP contribution is 2.27. The first-order chi connectivity index (χ1) is 10.1. The molecule has 1 N–H and O–H groups in total. The molecule has 0 aliphatic rings. The van der Waals surface area contributed by atoms with Crippen molar-refractivity contribution in [3.05, 3.63) is 59.7 Å². The molecule has 0 bridgehead atoms. The van der Waals surface area contributed by atoms with Crippen molar-refractivity contribution in [2.45, 2.75) is 0 Å². The third kappa shape index (κ3) is 3.20. The Balaban J connectivity index is 2.35. The lowest BCUT2D eigenvalue weighted by Crippen LogP contribution is -2.14. The van der Waals surface area contributed by atoms with E-state index in [1.807, 2.05) is 0 Å². The van der Waals surface area contributed by atoms with E-state index in [4.69, 9.17) is 9.84 Å². The molecule has 0 spiro atoms. The molecule has 0 aromatic heterocycles. The van der Waals surface area contributed by atoms with E-state index in [0.29, 0.717) is 0 Å². The number of aliphatic imine (C=N–C) groups is 1. The first-order valence-corrected chi connectivity index (χ1v) is 5.85. The molecule has 0 aliphatic carbocycles. The van der Waals surface area contributed by atoms with Gasteiger partial charge in [-0.25, -0.2) is 14.4 Å². The number of hydrogen-bond acceptors (Lipinski definition) is 5. The van der Waals surface area contributed by atoms with Gasteiger partial charge in [0, 0.05) is 0 Å². The first kappa shape index (κ1) is 14.2.